The molecule has 0 bridgehead atoms. The first kappa shape index (κ1) is 17.4. The summed E-state index contributed by atoms with van der Waals surface area (Å²) in [5, 5.41) is 30.1. The van der Waals surface area contributed by atoms with Gasteiger partial charge in [-0.25, -0.2) is 4.57 Å². The predicted octanol–water partition coefficient (Wildman–Crippen LogP) is -1.90. The summed E-state index contributed by atoms with van der Waals surface area (Å²) in [4.78, 5) is 17.0. The molecule has 4 N–H and O–H groups in total. The van der Waals surface area contributed by atoms with Gasteiger partial charge in [-0.15, -0.1) is 0 Å². The standard InChI is InChI=1S/C14H23N5O4/c1-17-9-19(5-3-4-6-20)12-11(17)13(23)18(2)14(16-12)15-7-10(22)8-21/h9-10,20-22H,3-8H2,1-2H3/p+1. The number of aliphatic hydroxyl groups is 3. The number of nitrogens with one attached hydrogen (secondary N) is 1. The predicted molar refractivity (Wildman–Crippen MR) is 84.1 cm³/mol. The van der Waals surface area contributed by atoms with Crippen LogP contribution in [0.15, 0.2) is 11.1 Å². The molecule has 0 fully saturated rings. The van der Waals surface area contributed by atoms with E-state index in [4.69, 9.17) is 10.2 Å². The fourth-order valence-corrected chi connectivity index (χ4v) is 2.40. The highest BCUT2D eigenvalue weighted by Gasteiger charge is 2.22. The van der Waals surface area contributed by atoms with Crippen LogP contribution in [0.1, 0.15) is 12.8 Å². The van der Waals surface area contributed by atoms with Gasteiger partial charge in [-0.2, -0.15) is 0 Å². The molecule has 0 amide bonds. The zero-order valence-electron chi connectivity index (χ0n) is 13.4. The van der Waals surface area contributed by atoms with E-state index in [1.165, 1.54) is 4.57 Å². The molecule has 0 saturated carbocycles. The Morgan fingerprint density at radius 2 is 2.09 bits per heavy atom. The summed E-state index contributed by atoms with van der Waals surface area (Å²) in [5.41, 5.74) is 0.846. The number of aromatic nitrogens is 4. The van der Waals surface area contributed by atoms with Gasteiger partial charge in [-0.1, -0.05) is 4.98 Å². The Hall–Kier alpha value is -1.97. The van der Waals surface area contributed by atoms with Crippen LogP contribution in [-0.4, -0.2) is 55.3 Å². The molecule has 0 radical (unpaired) electrons. The first-order valence-electron chi connectivity index (χ1n) is 7.58. The second-order valence-corrected chi connectivity index (χ2v) is 5.54. The van der Waals surface area contributed by atoms with Crippen LogP contribution in [-0.2, 0) is 20.6 Å². The molecule has 2 aromatic rings. The fraction of sp³-hybridized carbons (Fsp3) is 0.643. The monoisotopic (exact) mass is 326 g/mol. The Morgan fingerprint density at radius 1 is 1.35 bits per heavy atom. The van der Waals surface area contributed by atoms with Gasteiger partial charge in [0, 0.05) is 20.2 Å². The molecule has 0 aliphatic heterocycles. The van der Waals surface area contributed by atoms with E-state index in [0.717, 1.165) is 6.42 Å². The number of nitrogens with zero attached hydrogens (tertiary/aromatic N) is 4. The van der Waals surface area contributed by atoms with E-state index in [-0.39, 0.29) is 25.3 Å². The summed E-state index contributed by atoms with van der Waals surface area (Å²) in [6, 6.07) is 0. The van der Waals surface area contributed by atoms with Gasteiger partial charge in [0.15, 0.2) is 6.33 Å². The van der Waals surface area contributed by atoms with Gasteiger partial charge in [0.05, 0.1) is 26.3 Å². The van der Waals surface area contributed by atoms with Crippen LogP contribution in [0.5, 0.6) is 0 Å². The van der Waals surface area contributed by atoms with E-state index in [1.54, 1.807) is 18.7 Å². The maximum absolute atomic E-state index is 12.5. The van der Waals surface area contributed by atoms with Crippen molar-refractivity contribution in [2.45, 2.75) is 25.5 Å². The molecule has 0 aromatic carbocycles. The highest BCUT2D eigenvalue weighted by Crippen LogP contribution is 2.08. The SMILES string of the molecule is Cn1c(NCC(O)CO)nc2c(c1=O)n(C)c[n+]2CCCCO. The second kappa shape index (κ2) is 7.53. The molecular formula is C14H24N5O4+. The van der Waals surface area contributed by atoms with Crippen molar-refractivity contribution in [2.24, 2.45) is 14.1 Å². The lowest BCUT2D eigenvalue weighted by Crippen LogP contribution is -2.35. The molecule has 9 nitrogen and oxygen atoms in total. The number of hydrogen-bond donors (Lipinski definition) is 4. The van der Waals surface area contributed by atoms with Crippen molar-refractivity contribution in [3.63, 3.8) is 0 Å². The Morgan fingerprint density at radius 3 is 2.74 bits per heavy atom. The van der Waals surface area contributed by atoms with Crippen molar-refractivity contribution >= 4 is 17.1 Å². The molecule has 9 heteroatoms. The Balaban J connectivity index is 2.40. The molecule has 2 heterocycles. The van der Waals surface area contributed by atoms with E-state index >= 15 is 0 Å². The summed E-state index contributed by atoms with van der Waals surface area (Å²) < 4.78 is 4.99. The third kappa shape index (κ3) is 3.69. The zero-order chi connectivity index (χ0) is 17.0. The number of imidazole rings is 1. The van der Waals surface area contributed by atoms with E-state index in [1.807, 2.05) is 10.9 Å². The van der Waals surface area contributed by atoms with Crippen LogP contribution in [0.2, 0.25) is 0 Å². The van der Waals surface area contributed by atoms with Gasteiger partial charge < -0.3 is 20.6 Å². The lowest BCUT2D eigenvalue weighted by Gasteiger charge is -2.10. The van der Waals surface area contributed by atoms with Gasteiger partial charge in [0.1, 0.15) is 0 Å². The smallest absolute Gasteiger partial charge is 0.311 e. The van der Waals surface area contributed by atoms with Gasteiger partial charge in [-0.3, -0.25) is 13.9 Å². The van der Waals surface area contributed by atoms with E-state index in [9.17, 15) is 9.90 Å². The molecule has 0 aliphatic carbocycles. The van der Waals surface area contributed by atoms with Gasteiger partial charge in [0.25, 0.3) is 5.95 Å². The van der Waals surface area contributed by atoms with Crippen molar-refractivity contribution in [1.29, 1.82) is 0 Å². The number of hydrogen-bond acceptors (Lipinski definition) is 6. The number of aliphatic hydroxyl groups excluding tert-OH is 3. The summed E-state index contributed by atoms with van der Waals surface area (Å²) in [5.74, 6) is 0.331. The number of unbranched alkanes of at least 4 members (excludes halogenated alkanes) is 1. The van der Waals surface area contributed by atoms with Crippen molar-refractivity contribution in [1.82, 2.24) is 14.1 Å². The van der Waals surface area contributed by atoms with E-state index < -0.39 is 6.10 Å². The number of aryl methyl sites for hydroxylation is 2. The lowest BCUT2D eigenvalue weighted by atomic mass is 10.3. The minimum absolute atomic E-state index is 0.0969. The summed E-state index contributed by atoms with van der Waals surface area (Å²) in [7, 11) is 3.39. The maximum Gasteiger partial charge on any atom is 0.311 e. The van der Waals surface area contributed by atoms with E-state index in [0.29, 0.717) is 30.1 Å². The highest BCUT2D eigenvalue weighted by atomic mass is 16.3. The van der Waals surface area contributed by atoms with E-state index in [2.05, 4.69) is 10.3 Å². The third-order valence-electron chi connectivity index (χ3n) is 3.70. The van der Waals surface area contributed by atoms with Gasteiger partial charge in [0.2, 0.25) is 5.52 Å². The zero-order valence-corrected chi connectivity index (χ0v) is 13.4. The summed E-state index contributed by atoms with van der Waals surface area (Å²) in [6.07, 6.45) is 2.35. The number of anilines is 1. The Kier molecular flexibility index (Phi) is 5.69. The second-order valence-electron chi connectivity index (χ2n) is 5.54. The van der Waals surface area contributed by atoms with Crippen LogP contribution in [0, 0.1) is 0 Å². The minimum Gasteiger partial charge on any atom is -0.396 e. The molecule has 128 valence electrons. The molecule has 23 heavy (non-hydrogen) atoms. The molecule has 2 rings (SSSR count). The lowest BCUT2D eigenvalue weighted by molar-refractivity contribution is -0.674. The molecule has 2 aromatic heterocycles. The van der Waals surface area contributed by atoms with Crippen molar-refractivity contribution in [3.8, 4) is 0 Å². The molecule has 0 spiro atoms. The summed E-state index contributed by atoms with van der Waals surface area (Å²) in [6.45, 7) is 0.512. The first-order valence-corrected chi connectivity index (χ1v) is 7.58. The van der Waals surface area contributed by atoms with Crippen molar-refractivity contribution in [2.75, 3.05) is 25.1 Å². The van der Waals surface area contributed by atoms with Gasteiger partial charge in [-0.05, 0) is 12.8 Å². The maximum atomic E-state index is 12.5. The molecule has 0 saturated heterocycles. The fourth-order valence-electron chi connectivity index (χ4n) is 2.40. The van der Waals surface area contributed by atoms with Crippen LogP contribution in [0.25, 0.3) is 11.2 Å². The minimum atomic E-state index is -0.921. The van der Waals surface area contributed by atoms with Crippen molar-refractivity contribution in [3.05, 3.63) is 16.7 Å². The topological polar surface area (TPSA) is 116 Å². The summed E-state index contributed by atoms with van der Waals surface area (Å²) >= 11 is 0. The number of fused-ring (bicyclic) bond motifs is 1. The van der Waals surface area contributed by atoms with Gasteiger partial charge >= 0.3 is 11.2 Å². The molecule has 1 unspecified atom stereocenters. The Labute approximate surface area is 133 Å². The number of rotatable bonds is 8. The molecule has 1 atom stereocenters. The van der Waals surface area contributed by atoms with Crippen LogP contribution < -0.4 is 15.4 Å². The average Bonchev–Trinajstić information content (AvgIpc) is 2.85. The third-order valence-corrected chi connectivity index (χ3v) is 3.70. The van der Waals surface area contributed by atoms with Crippen LogP contribution >= 0.6 is 0 Å². The first-order chi connectivity index (χ1) is 11.0. The quantitative estimate of drug-likeness (QED) is 0.332. The van der Waals surface area contributed by atoms with Crippen LogP contribution in [0.4, 0.5) is 5.95 Å². The van der Waals surface area contributed by atoms with Crippen LogP contribution in [0.3, 0.4) is 0 Å². The average molecular weight is 326 g/mol. The molecular weight excluding hydrogens is 302 g/mol. The van der Waals surface area contributed by atoms with Crippen molar-refractivity contribution < 1.29 is 19.9 Å². The largest absolute Gasteiger partial charge is 0.396 e. The molecule has 0 aliphatic rings. The Bertz CT molecular complexity index is 724. The highest BCUT2D eigenvalue weighted by molar-refractivity contribution is 5.67. The normalized spacial score (nSPS) is 12.7.